The van der Waals surface area contributed by atoms with Gasteiger partial charge >= 0.3 is 6.09 Å². The Bertz CT molecular complexity index is 1260. The van der Waals surface area contributed by atoms with E-state index in [0.717, 1.165) is 62.4 Å². The second-order valence-electron chi connectivity index (χ2n) is 10.6. The largest absolute Gasteiger partial charge is 0.445 e. The Morgan fingerprint density at radius 1 is 0.927 bits per heavy atom. The first-order valence-electron chi connectivity index (χ1n) is 14.2. The number of carbonyl (C=O) groups excluding carboxylic acids is 1. The number of rotatable bonds is 10. The molecule has 2 saturated heterocycles. The normalized spacial score (nSPS) is 21.7. The van der Waals surface area contributed by atoms with Gasteiger partial charge in [-0.2, -0.15) is 0 Å². The van der Waals surface area contributed by atoms with Gasteiger partial charge in [0, 0.05) is 56.9 Å². The fourth-order valence-corrected chi connectivity index (χ4v) is 5.34. The Labute approximate surface area is 242 Å². The summed E-state index contributed by atoms with van der Waals surface area (Å²) in [6.07, 6.45) is 0.910. The number of nitrogens with one attached hydrogen (secondary N) is 1. The van der Waals surface area contributed by atoms with Crippen molar-refractivity contribution in [3.8, 4) is 0 Å². The first kappa shape index (κ1) is 29.0. The van der Waals surface area contributed by atoms with Crippen molar-refractivity contribution in [3.63, 3.8) is 0 Å². The van der Waals surface area contributed by atoms with Gasteiger partial charge in [-0.1, -0.05) is 79.4 Å². The lowest BCUT2D eigenvalue weighted by Gasteiger charge is -2.41. The monoisotopic (exact) mass is 557 g/mol. The van der Waals surface area contributed by atoms with Crippen LogP contribution in [0.3, 0.4) is 0 Å². The summed E-state index contributed by atoms with van der Waals surface area (Å²) < 4.78 is 18.1. The molecule has 5 rings (SSSR count). The molecule has 2 N–H and O–H groups in total. The van der Waals surface area contributed by atoms with E-state index in [-0.39, 0.29) is 25.4 Å². The third-order valence-corrected chi connectivity index (χ3v) is 7.53. The van der Waals surface area contributed by atoms with Crippen molar-refractivity contribution in [2.24, 2.45) is 0 Å². The van der Waals surface area contributed by atoms with E-state index in [9.17, 15) is 9.90 Å². The van der Waals surface area contributed by atoms with Crippen LogP contribution in [0, 0.1) is 0 Å². The van der Waals surface area contributed by atoms with Crippen molar-refractivity contribution in [3.05, 3.63) is 114 Å². The smallest absolute Gasteiger partial charge is 0.411 e. The summed E-state index contributed by atoms with van der Waals surface area (Å²) >= 11 is 0. The lowest BCUT2D eigenvalue weighted by molar-refractivity contribution is -0.253. The van der Waals surface area contributed by atoms with Gasteiger partial charge in [0.25, 0.3) is 0 Å². The number of piperazine rings is 1. The molecule has 216 valence electrons. The van der Waals surface area contributed by atoms with Gasteiger partial charge in [0.15, 0.2) is 6.29 Å². The van der Waals surface area contributed by atoms with Gasteiger partial charge in [-0.25, -0.2) is 4.79 Å². The third-order valence-electron chi connectivity index (χ3n) is 7.53. The van der Waals surface area contributed by atoms with Gasteiger partial charge in [-0.3, -0.25) is 15.1 Å². The third kappa shape index (κ3) is 8.25. The summed E-state index contributed by atoms with van der Waals surface area (Å²) in [6.45, 7) is 9.51. The van der Waals surface area contributed by atoms with Crippen LogP contribution in [0.25, 0.3) is 0 Å². The summed E-state index contributed by atoms with van der Waals surface area (Å²) in [7, 11) is 0. The molecule has 3 aromatic carbocycles. The summed E-state index contributed by atoms with van der Waals surface area (Å²) in [5, 5.41) is 12.2. The fourth-order valence-electron chi connectivity index (χ4n) is 5.34. The summed E-state index contributed by atoms with van der Waals surface area (Å²) in [4.78, 5) is 17.1. The van der Waals surface area contributed by atoms with E-state index < -0.39 is 12.4 Å². The molecule has 8 heteroatoms. The molecule has 2 aliphatic heterocycles. The molecule has 2 heterocycles. The molecule has 41 heavy (non-hydrogen) atoms. The van der Waals surface area contributed by atoms with Gasteiger partial charge in [-0.15, -0.1) is 0 Å². The van der Waals surface area contributed by atoms with E-state index in [0.29, 0.717) is 5.69 Å². The average Bonchev–Trinajstić information content (AvgIpc) is 3.01. The maximum absolute atomic E-state index is 12.1. The fraction of sp³-hybridized carbons (Fsp3) is 0.364. The van der Waals surface area contributed by atoms with Gasteiger partial charge in [0.05, 0.1) is 18.8 Å². The molecule has 0 aromatic heterocycles. The minimum Gasteiger partial charge on any atom is -0.445 e. The van der Waals surface area contributed by atoms with Crippen LogP contribution in [-0.2, 0) is 27.4 Å². The van der Waals surface area contributed by atoms with Crippen molar-refractivity contribution >= 4 is 11.8 Å². The van der Waals surface area contributed by atoms with Crippen LogP contribution >= 0.6 is 0 Å². The summed E-state index contributed by atoms with van der Waals surface area (Å²) in [5.74, 6) is 0. The maximum atomic E-state index is 12.1. The standard InChI is InChI=1S/C33H39N3O5/c1-2-19-39-33(38)34-29-10-6-9-28(20-29)32-40-30(21-31(41-32)27-13-11-26(24-37)12-14-27)23-36-17-15-35(16-18-36)22-25-7-4-3-5-8-25/h2-14,20,30-32,37H,1,15-19,21-24H2,(H,34,38). The average molecular weight is 558 g/mol. The van der Waals surface area contributed by atoms with E-state index in [4.69, 9.17) is 14.2 Å². The Morgan fingerprint density at radius 2 is 1.68 bits per heavy atom. The van der Waals surface area contributed by atoms with Crippen molar-refractivity contribution in [1.29, 1.82) is 0 Å². The minimum absolute atomic E-state index is 0.00540. The number of anilines is 1. The number of aliphatic hydroxyl groups excluding tert-OH is 1. The number of benzene rings is 3. The molecule has 3 unspecified atom stereocenters. The molecular formula is C33H39N3O5. The Kier molecular flexibility index (Phi) is 10.2. The van der Waals surface area contributed by atoms with Crippen LogP contribution in [0.4, 0.5) is 10.5 Å². The predicted octanol–water partition coefficient (Wildman–Crippen LogP) is 5.28. The lowest BCUT2D eigenvalue weighted by atomic mass is 9.99. The zero-order valence-corrected chi connectivity index (χ0v) is 23.4. The van der Waals surface area contributed by atoms with Gasteiger partial charge < -0.3 is 19.3 Å². The molecule has 0 bridgehead atoms. The van der Waals surface area contributed by atoms with Crippen LogP contribution in [0.15, 0.2) is 91.5 Å². The highest BCUT2D eigenvalue weighted by Crippen LogP contribution is 2.38. The van der Waals surface area contributed by atoms with Crippen molar-refractivity contribution < 1.29 is 24.1 Å². The number of nitrogens with zero attached hydrogens (tertiary/aromatic N) is 2. The van der Waals surface area contributed by atoms with Gasteiger partial charge in [0.1, 0.15) is 6.61 Å². The molecule has 0 spiro atoms. The molecule has 8 nitrogen and oxygen atoms in total. The van der Waals surface area contributed by atoms with Gasteiger partial charge in [0.2, 0.25) is 0 Å². The van der Waals surface area contributed by atoms with Crippen molar-refractivity contribution in [2.45, 2.75) is 38.1 Å². The Morgan fingerprint density at radius 3 is 2.41 bits per heavy atom. The van der Waals surface area contributed by atoms with E-state index in [1.54, 1.807) is 6.07 Å². The lowest BCUT2D eigenvalue weighted by Crippen LogP contribution is -2.49. The van der Waals surface area contributed by atoms with E-state index in [1.165, 1.54) is 11.6 Å². The van der Waals surface area contributed by atoms with E-state index in [1.807, 2.05) is 42.5 Å². The van der Waals surface area contributed by atoms with E-state index in [2.05, 4.69) is 52.0 Å². The minimum atomic E-state index is -0.596. The van der Waals surface area contributed by atoms with Crippen LogP contribution in [0.2, 0.25) is 0 Å². The second kappa shape index (κ2) is 14.4. The molecule has 0 radical (unpaired) electrons. The zero-order chi connectivity index (χ0) is 28.4. The van der Waals surface area contributed by atoms with Crippen LogP contribution in [-0.4, -0.2) is 66.4 Å². The molecular weight excluding hydrogens is 518 g/mol. The number of hydrogen-bond acceptors (Lipinski definition) is 7. The highest BCUT2D eigenvalue weighted by atomic mass is 16.7. The first-order valence-corrected chi connectivity index (χ1v) is 14.2. The number of ether oxygens (including phenoxy) is 3. The highest BCUT2D eigenvalue weighted by Gasteiger charge is 2.34. The van der Waals surface area contributed by atoms with Crippen LogP contribution < -0.4 is 5.32 Å². The molecule has 0 saturated carbocycles. The second-order valence-corrected chi connectivity index (χ2v) is 10.6. The first-order chi connectivity index (χ1) is 20.1. The predicted molar refractivity (Wildman–Crippen MR) is 158 cm³/mol. The molecule has 1 amide bonds. The quantitative estimate of drug-likeness (QED) is 0.328. The van der Waals surface area contributed by atoms with Crippen molar-refractivity contribution in [2.75, 3.05) is 44.6 Å². The number of carbonyl (C=O) groups is 1. The number of aliphatic hydroxyl groups is 1. The molecule has 0 aliphatic carbocycles. The number of hydrogen-bond donors (Lipinski definition) is 2. The molecule has 3 aromatic rings. The van der Waals surface area contributed by atoms with Gasteiger partial charge in [-0.05, 0) is 28.8 Å². The zero-order valence-electron chi connectivity index (χ0n) is 23.4. The molecule has 3 atom stereocenters. The van der Waals surface area contributed by atoms with Crippen LogP contribution in [0.5, 0.6) is 0 Å². The Balaban J connectivity index is 1.26. The maximum Gasteiger partial charge on any atom is 0.411 e. The topological polar surface area (TPSA) is 83.5 Å². The van der Waals surface area contributed by atoms with Crippen molar-refractivity contribution in [1.82, 2.24) is 9.80 Å². The Hall–Kier alpha value is -3.53. The highest BCUT2D eigenvalue weighted by molar-refractivity contribution is 5.84. The molecule has 2 aliphatic rings. The summed E-state index contributed by atoms with van der Waals surface area (Å²) in [6, 6.07) is 26.0. The van der Waals surface area contributed by atoms with Crippen LogP contribution in [0.1, 0.15) is 41.1 Å². The van der Waals surface area contributed by atoms with E-state index >= 15 is 0 Å². The molecule has 2 fully saturated rings. The summed E-state index contributed by atoms with van der Waals surface area (Å²) in [5.41, 5.74) is 4.68. The number of amides is 1. The SMILES string of the molecule is C=CCOC(=O)Nc1cccc(C2OC(CN3CCN(Cc4ccccc4)CC3)CC(c3ccc(CO)cc3)O2)c1.